The molecule has 0 atom stereocenters. The van der Waals surface area contributed by atoms with Gasteiger partial charge in [-0.3, -0.25) is 4.90 Å². The molecule has 0 heterocycles. The Bertz CT molecular complexity index is 343. The molecule has 0 aliphatic rings. The molecule has 0 radical (unpaired) electrons. The molecule has 0 saturated heterocycles. The second-order valence-corrected chi connectivity index (χ2v) is 5.94. The van der Waals surface area contributed by atoms with Gasteiger partial charge in [-0.1, -0.05) is 44.0 Å². The number of rotatable bonds is 10. The van der Waals surface area contributed by atoms with E-state index in [0.717, 1.165) is 19.5 Å². The third-order valence-electron chi connectivity index (χ3n) is 3.85. The van der Waals surface area contributed by atoms with Crippen LogP contribution in [0.15, 0.2) is 24.3 Å². The SMILES string of the molecule is CCCCCN(Cc1ccc(CCNC)cc1)C(C)C. The van der Waals surface area contributed by atoms with Gasteiger partial charge < -0.3 is 5.32 Å². The van der Waals surface area contributed by atoms with Gasteiger partial charge in [-0.05, 0) is 58.0 Å². The molecule has 1 rings (SSSR count). The van der Waals surface area contributed by atoms with Crippen molar-refractivity contribution in [1.82, 2.24) is 10.2 Å². The van der Waals surface area contributed by atoms with E-state index in [-0.39, 0.29) is 0 Å². The fourth-order valence-electron chi connectivity index (χ4n) is 2.40. The lowest BCUT2D eigenvalue weighted by molar-refractivity contribution is 0.208. The molecular formula is C18H32N2. The van der Waals surface area contributed by atoms with Gasteiger partial charge >= 0.3 is 0 Å². The van der Waals surface area contributed by atoms with E-state index >= 15 is 0 Å². The van der Waals surface area contributed by atoms with E-state index in [1.165, 1.54) is 36.9 Å². The Kier molecular flexibility index (Phi) is 8.56. The van der Waals surface area contributed by atoms with Crippen molar-refractivity contribution in [2.24, 2.45) is 0 Å². The molecule has 2 heteroatoms. The van der Waals surface area contributed by atoms with Crippen molar-refractivity contribution in [3.05, 3.63) is 35.4 Å². The zero-order valence-corrected chi connectivity index (χ0v) is 13.8. The number of likely N-dealkylation sites (N-methyl/N-ethyl adjacent to an activating group) is 1. The summed E-state index contributed by atoms with van der Waals surface area (Å²) in [7, 11) is 2.01. The molecule has 0 saturated carbocycles. The predicted molar refractivity (Wildman–Crippen MR) is 89.1 cm³/mol. The predicted octanol–water partition coefficient (Wildman–Crippen LogP) is 3.85. The minimum Gasteiger partial charge on any atom is -0.319 e. The maximum Gasteiger partial charge on any atom is 0.0236 e. The Morgan fingerprint density at radius 1 is 1.05 bits per heavy atom. The van der Waals surface area contributed by atoms with Crippen LogP contribution in [-0.2, 0) is 13.0 Å². The van der Waals surface area contributed by atoms with Crippen molar-refractivity contribution in [3.8, 4) is 0 Å². The summed E-state index contributed by atoms with van der Waals surface area (Å²) in [4.78, 5) is 2.58. The molecule has 0 aliphatic heterocycles. The third kappa shape index (κ3) is 6.53. The summed E-state index contributed by atoms with van der Waals surface area (Å²) in [5.41, 5.74) is 2.86. The van der Waals surface area contributed by atoms with Crippen molar-refractivity contribution < 1.29 is 0 Å². The minimum absolute atomic E-state index is 0.621. The quantitative estimate of drug-likeness (QED) is 0.653. The lowest BCUT2D eigenvalue weighted by Gasteiger charge is -2.26. The molecule has 0 aliphatic carbocycles. The molecule has 1 aromatic carbocycles. The smallest absolute Gasteiger partial charge is 0.0236 e. The second-order valence-electron chi connectivity index (χ2n) is 5.94. The summed E-state index contributed by atoms with van der Waals surface area (Å²) in [6.45, 7) is 10.2. The van der Waals surface area contributed by atoms with Crippen molar-refractivity contribution in [2.75, 3.05) is 20.1 Å². The molecule has 0 spiro atoms. The van der Waals surface area contributed by atoms with E-state index in [1.807, 2.05) is 7.05 Å². The van der Waals surface area contributed by atoms with Gasteiger partial charge in [-0.2, -0.15) is 0 Å². The Morgan fingerprint density at radius 3 is 2.25 bits per heavy atom. The average Bonchev–Trinajstić information content (AvgIpc) is 2.45. The average molecular weight is 276 g/mol. The van der Waals surface area contributed by atoms with Crippen LogP contribution in [-0.4, -0.2) is 31.1 Å². The van der Waals surface area contributed by atoms with Crippen LogP contribution in [0.3, 0.4) is 0 Å². The van der Waals surface area contributed by atoms with E-state index in [0.29, 0.717) is 6.04 Å². The first-order valence-corrected chi connectivity index (χ1v) is 8.13. The van der Waals surface area contributed by atoms with Gasteiger partial charge in [0.1, 0.15) is 0 Å². The van der Waals surface area contributed by atoms with Gasteiger partial charge in [0.2, 0.25) is 0 Å². The van der Waals surface area contributed by atoms with Gasteiger partial charge in [-0.15, -0.1) is 0 Å². The molecule has 0 aromatic heterocycles. The first kappa shape index (κ1) is 17.2. The number of unbranched alkanes of at least 4 members (excludes halogenated alkanes) is 2. The maximum absolute atomic E-state index is 3.20. The van der Waals surface area contributed by atoms with Crippen molar-refractivity contribution >= 4 is 0 Å². The fraction of sp³-hybridized carbons (Fsp3) is 0.667. The van der Waals surface area contributed by atoms with Gasteiger partial charge in [0.05, 0.1) is 0 Å². The van der Waals surface area contributed by atoms with Crippen molar-refractivity contribution in [1.29, 1.82) is 0 Å². The summed E-state index contributed by atoms with van der Waals surface area (Å²) in [6, 6.07) is 9.75. The van der Waals surface area contributed by atoms with Crippen molar-refractivity contribution in [3.63, 3.8) is 0 Å². The molecule has 0 unspecified atom stereocenters. The highest BCUT2D eigenvalue weighted by atomic mass is 15.1. The van der Waals surface area contributed by atoms with E-state index in [1.54, 1.807) is 0 Å². The van der Waals surface area contributed by atoms with E-state index < -0.39 is 0 Å². The number of nitrogens with zero attached hydrogens (tertiary/aromatic N) is 1. The van der Waals surface area contributed by atoms with Gasteiger partial charge in [0.15, 0.2) is 0 Å². The Labute approximate surface area is 125 Å². The topological polar surface area (TPSA) is 15.3 Å². The Hall–Kier alpha value is -0.860. The normalized spacial score (nSPS) is 11.5. The summed E-state index contributed by atoms with van der Waals surface area (Å²) in [6.07, 6.45) is 5.06. The highest BCUT2D eigenvalue weighted by Crippen LogP contribution is 2.12. The summed E-state index contributed by atoms with van der Waals surface area (Å²) < 4.78 is 0. The largest absolute Gasteiger partial charge is 0.319 e. The van der Waals surface area contributed by atoms with Crippen LogP contribution in [0.25, 0.3) is 0 Å². The standard InChI is InChI=1S/C18H32N2/c1-5-6-7-14-20(16(2)3)15-18-10-8-17(9-11-18)12-13-19-4/h8-11,16,19H,5-7,12-15H2,1-4H3. The van der Waals surface area contributed by atoms with Crippen LogP contribution >= 0.6 is 0 Å². The second kappa shape index (κ2) is 9.95. The Balaban J connectivity index is 2.50. The molecule has 1 N–H and O–H groups in total. The first-order chi connectivity index (χ1) is 9.67. The number of benzene rings is 1. The first-order valence-electron chi connectivity index (χ1n) is 8.13. The van der Waals surface area contributed by atoms with Crippen molar-refractivity contribution in [2.45, 2.75) is 59.0 Å². The van der Waals surface area contributed by atoms with Crippen LogP contribution in [0.4, 0.5) is 0 Å². The van der Waals surface area contributed by atoms with E-state index in [9.17, 15) is 0 Å². The number of nitrogens with one attached hydrogen (secondary N) is 1. The van der Waals surface area contributed by atoms with Crippen LogP contribution < -0.4 is 5.32 Å². The van der Waals surface area contributed by atoms with Gasteiger partial charge in [0, 0.05) is 12.6 Å². The molecule has 0 bridgehead atoms. The van der Waals surface area contributed by atoms with Crippen LogP contribution in [0, 0.1) is 0 Å². The van der Waals surface area contributed by atoms with E-state index in [4.69, 9.17) is 0 Å². The Morgan fingerprint density at radius 2 is 1.70 bits per heavy atom. The maximum atomic E-state index is 3.20. The van der Waals surface area contributed by atoms with Gasteiger partial charge in [-0.25, -0.2) is 0 Å². The molecule has 2 nitrogen and oxygen atoms in total. The monoisotopic (exact) mass is 276 g/mol. The minimum atomic E-state index is 0.621. The summed E-state index contributed by atoms with van der Waals surface area (Å²) >= 11 is 0. The lowest BCUT2D eigenvalue weighted by Crippen LogP contribution is -2.31. The van der Waals surface area contributed by atoms with Crippen LogP contribution in [0.5, 0.6) is 0 Å². The highest BCUT2D eigenvalue weighted by molar-refractivity contribution is 5.22. The molecular weight excluding hydrogens is 244 g/mol. The zero-order chi connectivity index (χ0) is 14.8. The molecule has 20 heavy (non-hydrogen) atoms. The lowest BCUT2D eigenvalue weighted by atomic mass is 10.1. The molecule has 0 fully saturated rings. The van der Waals surface area contributed by atoms with E-state index in [2.05, 4.69) is 55.3 Å². The number of hydrogen-bond donors (Lipinski definition) is 1. The molecule has 1 aromatic rings. The third-order valence-corrected chi connectivity index (χ3v) is 3.85. The van der Waals surface area contributed by atoms with Crippen LogP contribution in [0.2, 0.25) is 0 Å². The zero-order valence-electron chi connectivity index (χ0n) is 13.8. The summed E-state index contributed by atoms with van der Waals surface area (Å²) in [5, 5.41) is 3.20. The molecule has 0 amide bonds. The summed E-state index contributed by atoms with van der Waals surface area (Å²) in [5.74, 6) is 0. The fourth-order valence-corrected chi connectivity index (χ4v) is 2.40. The highest BCUT2D eigenvalue weighted by Gasteiger charge is 2.09. The van der Waals surface area contributed by atoms with Gasteiger partial charge in [0.25, 0.3) is 0 Å². The molecule has 114 valence electrons. The van der Waals surface area contributed by atoms with Crippen LogP contribution in [0.1, 0.15) is 51.2 Å². The number of hydrogen-bond acceptors (Lipinski definition) is 2.